The summed E-state index contributed by atoms with van der Waals surface area (Å²) in [5.74, 6) is 0.371. The molecule has 0 fully saturated rings. The van der Waals surface area contributed by atoms with E-state index in [-0.39, 0.29) is 5.97 Å². The Morgan fingerprint density at radius 2 is 2.22 bits per heavy atom. The number of halogens is 1. The lowest BCUT2D eigenvalue weighted by molar-refractivity contribution is -0.137. The zero-order valence-electron chi connectivity index (χ0n) is 10.6. The van der Waals surface area contributed by atoms with E-state index in [9.17, 15) is 4.79 Å². The first kappa shape index (κ1) is 14.6. The van der Waals surface area contributed by atoms with Crippen LogP contribution in [0, 0.1) is 0 Å². The monoisotopic (exact) mass is 313 g/mol. The maximum Gasteiger partial charge on any atom is 0.332 e. The van der Waals surface area contributed by atoms with E-state index in [1.54, 1.807) is 21.0 Å². The lowest BCUT2D eigenvalue weighted by Crippen LogP contribution is -2.04. The zero-order valence-corrected chi connectivity index (χ0v) is 12.2. The molecule has 0 aromatic heterocycles. The minimum atomic E-state index is -0.355. The third-order valence-corrected chi connectivity index (χ3v) is 2.77. The van der Waals surface area contributed by atoms with Crippen LogP contribution in [-0.4, -0.2) is 19.7 Å². The number of allylic oxidation sites excluding steroid dienone is 1. The van der Waals surface area contributed by atoms with Gasteiger partial charge in [-0.15, -0.1) is 0 Å². The van der Waals surface area contributed by atoms with E-state index in [1.807, 2.05) is 18.2 Å². The van der Waals surface area contributed by atoms with E-state index in [4.69, 9.17) is 9.47 Å². The number of nitrogens with one attached hydrogen (secondary N) is 1. The highest BCUT2D eigenvalue weighted by molar-refractivity contribution is 9.10. The van der Waals surface area contributed by atoms with Gasteiger partial charge >= 0.3 is 5.97 Å². The maximum atomic E-state index is 11.3. The average molecular weight is 314 g/mol. The lowest BCUT2D eigenvalue weighted by Gasteiger charge is -2.09. The normalized spacial score (nSPS) is 11.0. The number of carbonyl (C=O) groups is 1. The molecule has 0 aliphatic heterocycles. The Morgan fingerprint density at radius 1 is 1.50 bits per heavy atom. The van der Waals surface area contributed by atoms with Gasteiger partial charge in [-0.05, 0) is 41.9 Å². The topological polar surface area (TPSA) is 47.6 Å². The standard InChI is InChI=1S/C13H16BrNO3/c1-4-18-13(16)7-9(2)15-10-5-6-11(14)12(8-10)17-3/h5-8,15H,4H2,1-3H3/b9-7-. The molecule has 0 aliphatic carbocycles. The largest absolute Gasteiger partial charge is 0.495 e. The highest BCUT2D eigenvalue weighted by Gasteiger charge is 2.03. The second kappa shape index (κ2) is 7.06. The van der Waals surface area contributed by atoms with Gasteiger partial charge in [0.15, 0.2) is 0 Å². The Kier molecular flexibility index (Phi) is 5.71. The number of anilines is 1. The molecule has 1 N–H and O–H groups in total. The molecule has 0 bridgehead atoms. The van der Waals surface area contributed by atoms with Crippen molar-refractivity contribution in [2.45, 2.75) is 13.8 Å². The van der Waals surface area contributed by atoms with Crippen LogP contribution in [-0.2, 0) is 9.53 Å². The van der Waals surface area contributed by atoms with Gasteiger partial charge in [0, 0.05) is 23.5 Å². The quantitative estimate of drug-likeness (QED) is 0.669. The Bertz CT molecular complexity index is 458. The summed E-state index contributed by atoms with van der Waals surface area (Å²) >= 11 is 3.38. The number of esters is 1. The van der Waals surface area contributed by atoms with E-state index in [0.717, 1.165) is 15.9 Å². The zero-order chi connectivity index (χ0) is 13.5. The van der Waals surface area contributed by atoms with Gasteiger partial charge in [-0.1, -0.05) is 0 Å². The minimum Gasteiger partial charge on any atom is -0.495 e. The molecule has 0 radical (unpaired) electrons. The molecule has 0 saturated heterocycles. The average Bonchev–Trinajstić information content (AvgIpc) is 2.31. The van der Waals surface area contributed by atoms with Crippen LogP contribution in [0.1, 0.15) is 13.8 Å². The Balaban J connectivity index is 2.75. The molecular weight excluding hydrogens is 298 g/mol. The van der Waals surface area contributed by atoms with Crippen LogP contribution in [0.2, 0.25) is 0 Å². The lowest BCUT2D eigenvalue weighted by atomic mass is 10.3. The van der Waals surface area contributed by atoms with E-state index >= 15 is 0 Å². The predicted molar refractivity (Wildman–Crippen MR) is 74.7 cm³/mol. The predicted octanol–water partition coefficient (Wildman–Crippen LogP) is 3.34. The van der Waals surface area contributed by atoms with Gasteiger partial charge in [-0.3, -0.25) is 0 Å². The second-order valence-corrected chi connectivity index (χ2v) is 4.41. The summed E-state index contributed by atoms with van der Waals surface area (Å²) in [5, 5.41) is 3.09. The molecule has 1 aromatic rings. The fraction of sp³-hybridized carbons (Fsp3) is 0.308. The minimum absolute atomic E-state index is 0.355. The summed E-state index contributed by atoms with van der Waals surface area (Å²) in [4.78, 5) is 11.3. The first-order chi connectivity index (χ1) is 8.56. The van der Waals surface area contributed by atoms with Crippen LogP contribution in [0.4, 0.5) is 5.69 Å². The van der Waals surface area contributed by atoms with Gasteiger partial charge in [0.05, 0.1) is 18.2 Å². The van der Waals surface area contributed by atoms with Crippen molar-refractivity contribution in [1.29, 1.82) is 0 Å². The van der Waals surface area contributed by atoms with Crippen molar-refractivity contribution in [2.75, 3.05) is 19.0 Å². The summed E-state index contributed by atoms with van der Waals surface area (Å²) in [6, 6.07) is 5.60. The molecule has 5 heteroatoms. The summed E-state index contributed by atoms with van der Waals surface area (Å²) in [6.45, 7) is 3.94. The number of methoxy groups -OCH3 is 1. The number of rotatable bonds is 5. The summed E-state index contributed by atoms with van der Waals surface area (Å²) in [5.41, 5.74) is 1.55. The van der Waals surface area contributed by atoms with Crippen molar-refractivity contribution in [1.82, 2.24) is 0 Å². The molecule has 18 heavy (non-hydrogen) atoms. The summed E-state index contributed by atoms with van der Waals surface area (Å²) < 4.78 is 10.9. The number of carbonyl (C=O) groups excluding carboxylic acids is 1. The van der Waals surface area contributed by atoms with Crippen molar-refractivity contribution >= 4 is 27.6 Å². The highest BCUT2D eigenvalue weighted by Crippen LogP contribution is 2.28. The Hall–Kier alpha value is -1.49. The van der Waals surface area contributed by atoms with Crippen molar-refractivity contribution in [3.8, 4) is 5.75 Å². The molecule has 0 amide bonds. The molecule has 0 saturated carbocycles. The van der Waals surface area contributed by atoms with Crippen LogP contribution in [0.25, 0.3) is 0 Å². The molecule has 0 spiro atoms. The molecule has 0 aliphatic rings. The molecule has 0 atom stereocenters. The fourth-order valence-electron chi connectivity index (χ4n) is 1.36. The van der Waals surface area contributed by atoms with Gasteiger partial charge in [0.2, 0.25) is 0 Å². The smallest absolute Gasteiger partial charge is 0.332 e. The van der Waals surface area contributed by atoms with Gasteiger partial charge in [-0.2, -0.15) is 0 Å². The van der Waals surface area contributed by atoms with Gasteiger partial charge in [0.1, 0.15) is 5.75 Å². The van der Waals surface area contributed by atoms with E-state index in [2.05, 4.69) is 21.2 Å². The molecule has 0 unspecified atom stereocenters. The molecule has 0 heterocycles. The van der Waals surface area contributed by atoms with E-state index < -0.39 is 0 Å². The number of benzene rings is 1. The van der Waals surface area contributed by atoms with Crippen molar-refractivity contribution < 1.29 is 14.3 Å². The molecule has 1 rings (SSSR count). The second-order valence-electron chi connectivity index (χ2n) is 3.55. The van der Waals surface area contributed by atoms with Gasteiger partial charge < -0.3 is 14.8 Å². The third kappa shape index (κ3) is 4.41. The summed E-state index contributed by atoms with van der Waals surface area (Å²) in [7, 11) is 1.60. The Morgan fingerprint density at radius 3 is 2.83 bits per heavy atom. The van der Waals surface area contributed by atoms with Gasteiger partial charge in [0.25, 0.3) is 0 Å². The Labute approximate surface area is 115 Å². The van der Waals surface area contributed by atoms with Crippen LogP contribution in [0.3, 0.4) is 0 Å². The van der Waals surface area contributed by atoms with E-state index in [0.29, 0.717) is 12.3 Å². The first-order valence-corrected chi connectivity index (χ1v) is 6.31. The van der Waals surface area contributed by atoms with Crippen LogP contribution >= 0.6 is 15.9 Å². The molecular formula is C13H16BrNO3. The fourth-order valence-corrected chi connectivity index (χ4v) is 1.77. The highest BCUT2D eigenvalue weighted by atomic mass is 79.9. The van der Waals surface area contributed by atoms with Crippen molar-refractivity contribution in [2.24, 2.45) is 0 Å². The van der Waals surface area contributed by atoms with Crippen LogP contribution in [0.5, 0.6) is 5.75 Å². The van der Waals surface area contributed by atoms with Crippen LogP contribution in [0.15, 0.2) is 34.4 Å². The van der Waals surface area contributed by atoms with Crippen molar-refractivity contribution in [3.63, 3.8) is 0 Å². The van der Waals surface area contributed by atoms with Crippen LogP contribution < -0.4 is 10.1 Å². The van der Waals surface area contributed by atoms with E-state index in [1.165, 1.54) is 6.08 Å². The van der Waals surface area contributed by atoms with Gasteiger partial charge in [-0.25, -0.2) is 4.79 Å². The molecule has 4 nitrogen and oxygen atoms in total. The summed E-state index contributed by atoms with van der Waals surface area (Å²) in [6.07, 6.45) is 1.41. The number of hydrogen-bond donors (Lipinski definition) is 1. The van der Waals surface area contributed by atoms with Crippen molar-refractivity contribution in [3.05, 3.63) is 34.4 Å². The number of hydrogen-bond acceptors (Lipinski definition) is 4. The SMILES string of the molecule is CCOC(=O)/C=C(/C)Nc1ccc(Br)c(OC)c1. The maximum absolute atomic E-state index is 11.3. The third-order valence-electron chi connectivity index (χ3n) is 2.11. The molecule has 1 aromatic carbocycles. The first-order valence-electron chi connectivity index (χ1n) is 5.52. The number of ether oxygens (including phenoxy) is 2. The molecule has 98 valence electrons.